The van der Waals surface area contributed by atoms with Crippen LogP contribution < -0.4 is 25.6 Å². The van der Waals surface area contributed by atoms with E-state index in [2.05, 4.69) is 35.8 Å². The normalized spacial score (nSPS) is 14.6. The van der Waals surface area contributed by atoms with E-state index in [-0.39, 0.29) is 6.03 Å². The Morgan fingerprint density at radius 1 is 0.975 bits per heavy atom. The molecule has 204 valence electrons. The molecule has 2 amide bonds. The molecule has 0 saturated carbocycles. The number of pyridine rings is 1. The number of urea groups is 1. The molecule has 2 aromatic heterocycles. The number of aromatic nitrogens is 3. The maximum absolute atomic E-state index is 13.3. The van der Waals surface area contributed by atoms with Crippen LogP contribution >= 0.6 is 11.6 Å². The number of nitrogens with zero attached hydrogens (tertiary/aromatic N) is 5. The molecule has 0 radical (unpaired) electrons. The summed E-state index contributed by atoms with van der Waals surface area (Å²) >= 11 is 6.38. The van der Waals surface area contributed by atoms with Gasteiger partial charge in [0, 0.05) is 43.8 Å². The SMILES string of the molecule is COc1ccccc1N1CCN(C(=O)Nc2ccc3cc2CCc2cncc(c2)Nc2ncc(Cl)c(n2)N3)CC1. The van der Waals surface area contributed by atoms with Crippen LogP contribution in [0.1, 0.15) is 11.1 Å². The number of carbonyl (C=O) groups is 1. The molecule has 6 rings (SSSR count). The van der Waals surface area contributed by atoms with Gasteiger partial charge in [-0.3, -0.25) is 4.98 Å². The first-order chi connectivity index (χ1) is 19.6. The smallest absolute Gasteiger partial charge is 0.321 e. The zero-order valence-electron chi connectivity index (χ0n) is 22.0. The zero-order valence-corrected chi connectivity index (χ0v) is 22.8. The fourth-order valence-electron chi connectivity index (χ4n) is 4.99. The van der Waals surface area contributed by atoms with Gasteiger partial charge in [-0.1, -0.05) is 23.7 Å². The molecular formula is C29H29ClN8O2. The zero-order chi connectivity index (χ0) is 27.5. The highest BCUT2D eigenvalue weighted by Crippen LogP contribution is 2.31. The van der Waals surface area contributed by atoms with E-state index in [1.165, 1.54) is 0 Å². The van der Waals surface area contributed by atoms with Crippen LogP contribution in [0.4, 0.5) is 39.3 Å². The minimum atomic E-state index is -0.115. The molecule has 2 aliphatic heterocycles. The van der Waals surface area contributed by atoms with Gasteiger partial charge in [0.25, 0.3) is 0 Å². The van der Waals surface area contributed by atoms with Crippen LogP contribution in [0.3, 0.4) is 0 Å². The third kappa shape index (κ3) is 5.57. The predicted molar refractivity (Wildman–Crippen MR) is 157 cm³/mol. The number of rotatable bonds is 3. The topological polar surface area (TPSA) is 108 Å². The fraction of sp³-hybridized carbons (Fsp3) is 0.241. The standard InChI is InChI=1S/C29H29ClN8O2/c1-40-26-5-3-2-4-25(26)37-10-12-38(13-11-37)29(39)35-24-9-8-21-15-20(24)7-6-19-14-22(17-31-16-19)34-28-32-18-23(30)27(33-21)36-28/h2-5,8-9,14-18H,6-7,10-13H2,1H3,(H,35,39)(H2,32,33,34,36). The maximum atomic E-state index is 13.3. The Bertz CT molecular complexity index is 1540. The summed E-state index contributed by atoms with van der Waals surface area (Å²) in [5.74, 6) is 1.74. The molecule has 2 aromatic carbocycles. The molecule has 11 heteroatoms. The number of hydrogen-bond acceptors (Lipinski definition) is 8. The number of carbonyl (C=O) groups excluding carboxylic acids is 1. The van der Waals surface area contributed by atoms with E-state index < -0.39 is 0 Å². The number of ether oxygens (including phenoxy) is 1. The van der Waals surface area contributed by atoms with Gasteiger partial charge in [0.15, 0.2) is 5.82 Å². The molecule has 0 spiro atoms. The Morgan fingerprint density at radius 2 is 1.82 bits per heavy atom. The Morgan fingerprint density at radius 3 is 2.67 bits per heavy atom. The molecule has 0 unspecified atom stereocenters. The van der Waals surface area contributed by atoms with Crippen molar-refractivity contribution >= 4 is 52.1 Å². The van der Waals surface area contributed by atoms with Crippen LogP contribution in [0.15, 0.2) is 67.1 Å². The van der Waals surface area contributed by atoms with E-state index in [9.17, 15) is 4.79 Å². The molecular weight excluding hydrogens is 528 g/mol. The van der Waals surface area contributed by atoms with Gasteiger partial charge in [0.1, 0.15) is 10.8 Å². The average molecular weight is 557 g/mol. The highest BCUT2D eigenvalue weighted by Gasteiger charge is 2.23. The molecule has 0 atom stereocenters. The number of aryl methyl sites for hydroxylation is 2. The molecule has 0 aliphatic carbocycles. The first-order valence-electron chi connectivity index (χ1n) is 13.1. The Labute approximate surface area is 237 Å². The van der Waals surface area contributed by atoms with E-state index in [0.29, 0.717) is 36.3 Å². The highest BCUT2D eigenvalue weighted by molar-refractivity contribution is 6.32. The third-order valence-corrected chi connectivity index (χ3v) is 7.36. The average Bonchev–Trinajstić information content (AvgIpc) is 2.99. The number of para-hydroxylation sites is 2. The number of benzene rings is 2. The fourth-order valence-corrected chi connectivity index (χ4v) is 5.13. The molecule has 4 aromatic rings. The van der Waals surface area contributed by atoms with Gasteiger partial charge in [-0.05, 0) is 60.4 Å². The van der Waals surface area contributed by atoms with Gasteiger partial charge in [0.05, 0.1) is 30.9 Å². The van der Waals surface area contributed by atoms with Gasteiger partial charge >= 0.3 is 6.03 Å². The lowest BCUT2D eigenvalue weighted by Crippen LogP contribution is -2.50. The van der Waals surface area contributed by atoms with Gasteiger partial charge in [-0.15, -0.1) is 0 Å². The van der Waals surface area contributed by atoms with Gasteiger partial charge < -0.3 is 30.5 Å². The summed E-state index contributed by atoms with van der Waals surface area (Å²) in [5, 5.41) is 10.0. The van der Waals surface area contributed by atoms with Crippen molar-refractivity contribution in [2.45, 2.75) is 12.8 Å². The van der Waals surface area contributed by atoms with Crippen molar-refractivity contribution in [3.8, 4) is 5.75 Å². The van der Waals surface area contributed by atoms with Gasteiger partial charge in [-0.2, -0.15) is 4.98 Å². The van der Waals surface area contributed by atoms with Crippen molar-refractivity contribution < 1.29 is 9.53 Å². The molecule has 4 heterocycles. The van der Waals surface area contributed by atoms with E-state index >= 15 is 0 Å². The molecule has 6 bridgehead atoms. The van der Waals surface area contributed by atoms with Crippen molar-refractivity contribution in [3.05, 3.63) is 83.3 Å². The first-order valence-corrected chi connectivity index (χ1v) is 13.5. The number of amides is 2. The van der Waals surface area contributed by atoms with Crippen LogP contribution in [0, 0.1) is 0 Å². The van der Waals surface area contributed by atoms with Crippen molar-refractivity contribution in [1.82, 2.24) is 19.9 Å². The number of piperazine rings is 1. The van der Waals surface area contributed by atoms with Crippen LogP contribution in [-0.2, 0) is 12.8 Å². The summed E-state index contributed by atoms with van der Waals surface area (Å²) in [6.07, 6.45) is 6.58. The van der Waals surface area contributed by atoms with E-state index in [0.717, 1.165) is 59.1 Å². The second kappa shape index (κ2) is 11.3. The third-order valence-electron chi connectivity index (χ3n) is 7.08. The lowest BCUT2D eigenvalue weighted by Gasteiger charge is -2.36. The van der Waals surface area contributed by atoms with E-state index in [1.807, 2.05) is 59.6 Å². The molecule has 2 aliphatic rings. The predicted octanol–water partition coefficient (Wildman–Crippen LogP) is 5.47. The van der Waals surface area contributed by atoms with Crippen molar-refractivity contribution in [2.24, 2.45) is 0 Å². The number of methoxy groups -OCH3 is 1. The number of nitrogens with one attached hydrogen (secondary N) is 3. The summed E-state index contributed by atoms with van der Waals surface area (Å²) in [6, 6.07) is 15.7. The highest BCUT2D eigenvalue weighted by atomic mass is 35.5. The minimum absolute atomic E-state index is 0.115. The van der Waals surface area contributed by atoms with Crippen LogP contribution in [0.5, 0.6) is 5.75 Å². The number of fused-ring (bicyclic) bond motifs is 6. The van der Waals surface area contributed by atoms with E-state index in [1.54, 1.807) is 19.5 Å². The van der Waals surface area contributed by atoms with Crippen molar-refractivity contribution in [3.63, 3.8) is 0 Å². The largest absolute Gasteiger partial charge is 0.495 e. The first kappa shape index (κ1) is 25.7. The Balaban J connectivity index is 1.21. The lowest BCUT2D eigenvalue weighted by molar-refractivity contribution is 0.208. The maximum Gasteiger partial charge on any atom is 0.321 e. The van der Waals surface area contributed by atoms with Crippen molar-refractivity contribution in [2.75, 3.05) is 54.1 Å². The van der Waals surface area contributed by atoms with Crippen LogP contribution in [0.2, 0.25) is 5.02 Å². The number of hydrogen-bond donors (Lipinski definition) is 3. The summed E-state index contributed by atoms with van der Waals surface area (Å²) in [7, 11) is 1.68. The second-order valence-corrected chi connectivity index (χ2v) is 10.1. The minimum Gasteiger partial charge on any atom is -0.495 e. The monoisotopic (exact) mass is 556 g/mol. The summed E-state index contributed by atoms with van der Waals surface area (Å²) in [4.78, 5) is 30.6. The summed E-state index contributed by atoms with van der Waals surface area (Å²) < 4.78 is 5.52. The second-order valence-electron chi connectivity index (χ2n) is 9.67. The van der Waals surface area contributed by atoms with E-state index in [4.69, 9.17) is 16.3 Å². The summed E-state index contributed by atoms with van der Waals surface area (Å²) in [5.41, 5.74) is 5.47. The Hall–Kier alpha value is -4.57. The van der Waals surface area contributed by atoms with Gasteiger partial charge in [0.2, 0.25) is 5.95 Å². The molecule has 1 fully saturated rings. The lowest BCUT2D eigenvalue weighted by atomic mass is 10.0. The summed E-state index contributed by atoms with van der Waals surface area (Å²) in [6.45, 7) is 2.67. The molecule has 40 heavy (non-hydrogen) atoms. The molecule has 1 saturated heterocycles. The quantitative estimate of drug-likeness (QED) is 0.305. The van der Waals surface area contributed by atoms with Gasteiger partial charge in [-0.25, -0.2) is 9.78 Å². The van der Waals surface area contributed by atoms with Crippen molar-refractivity contribution in [1.29, 1.82) is 0 Å². The van der Waals surface area contributed by atoms with Crippen LogP contribution in [0.25, 0.3) is 0 Å². The number of halogens is 1. The van der Waals surface area contributed by atoms with Crippen LogP contribution in [-0.4, -0.2) is 59.2 Å². The molecule has 10 nitrogen and oxygen atoms in total. The molecule has 3 N–H and O–H groups in total. The Kier molecular flexibility index (Phi) is 7.24. The number of anilines is 6.